The zero-order valence-electron chi connectivity index (χ0n) is 19.0. The van der Waals surface area contributed by atoms with E-state index in [0.29, 0.717) is 18.0 Å². The van der Waals surface area contributed by atoms with Crippen molar-refractivity contribution in [2.75, 3.05) is 19.6 Å². The number of hydrogen-bond donors (Lipinski definition) is 3. The number of carboxylic acid groups (broad SMARTS) is 2. The number of halogens is 3. The Morgan fingerprint density at radius 3 is 2.14 bits per heavy atom. The molecule has 1 aromatic heterocycles. The predicted octanol–water partition coefficient (Wildman–Crippen LogP) is 2.91. The molecule has 1 aromatic carbocycles. The summed E-state index contributed by atoms with van der Waals surface area (Å²) >= 11 is 5.85. The Morgan fingerprint density at radius 2 is 1.69 bits per heavy atom. The molecular formula is C23H26ClF2N4O5+. The molecule has 2 aromatic rings. The van der Waals surface area contributed by atoms with Crippen LogP contribution in [-0.4, -0.2) is 67.8 Å². The molecule has 0 atom stereocenters. The van der Waals surface area contributed by atoms with Crippen molar-refractivity contribution in [3.05, 3.63) is 70.5 Å². The van der Waals surface area contributed by atoms with Gasteiger partial charge >= 0.3 is 17.8 Å². The number of likely N-dealkylation sites (tertiary alicyclic amines) is 1. The summed E-state index contributed by atoms with van der Waals surface area (Å²) in [6.07, 6.45) is 4.80. The summed E-state index contributed by atoms with van der Waals surface area (Å²) in [5, 5.41) is 15.5. The third-order valence-electron chi connectivity index (χ3n) is 5.59. The summed E-state index contributed by atoms with van der Waals surface area (Å²) in [5.74, 6) is -2.85. The molecule has 9 nitrogen and oxygen atoms in total. The molecule has 35 heavy (non-hydrogen) atoms. The van der Waals surface area contributed by atoms with Gasteiger partial charge < -0.3 is 15.9 Å². The number of aliphatic carboxylic acids is 2. The second-order valence-electron chi connectivity index (χ2n) is 8.23. The van der Waals surface area contributed by atoms with E-state index in [0.717, 1.165) is 11.6 Å². The minimum Gasteiger partial charge on any atom is -0.478 e. The molecule has 2 heterocycles. The van der Waals surface area contributed by atoms with Crippen LogP contribution in [0.3, 0.4) is 0 Å². The molecule has 0 saturated carbocycles. The number of rotatable bonds is 6. The smallest absolute Gasteiger partial charge is 0.346 e. The third-order valence-corrected chi connectivity index (χ3v) is 5.88. The van der Waals surface area contributed by atoms with Gasteiger partial charge in [0.05, 0.1) is 23.7 Å². The Bertz CT molecular complexity index is 1090. The largest absolute Gasteiger partial charge is 0.478 e. The maximum atomic E-state index is 14.7. The first-order valence-electron chi connectivity index (χ1n) is 10.6. The Balaban J connectivity index is 0.000000466. The summed E-state index contributed by atoms with van der Waals surface area (Å²) in [6, 6.07) is 3.88. The standard InChI is InChI=1S/C19H22ClF2N4O.C4H4O4/c1-13-9-24-17(25-10-13)11-26(6-4-19(22,12-23)5-7-26)18(27)14-2-3-16(21)15(20)8-14;5-3(6)1-2-4(7)8/h2-3,8-10H,4-7,11-12,23H2,1H3;1-2H,(H,5,6)(H,7,8)/q+1;. The van der Waals surface area contributed by atoms with Crippen LogP contribution in [0.25, 0.3) is 0 Å². The monoisotopic (exact) mass is 511 g/mol. The number of alkyl halides is 1. The van der Waals surface area contributed by atoms with E-state index < -0.39 is 23.4 Å². The van der Waals surface area contributed by atoms with Gasteiger partial charge in [-0.05, 0) is 30.7 Å². The van der Waals surface area contributed by atoms with Crippen molar-refractivity contribution in [3.8, 4) is 0 Å². The number of benzene rings is 1. The van der Waals surface area contributed by atoms with Crippen LogP contribution in [0, 0.1) is 12.7 Å². The predicted molar refractivity (Wildman–Crippen MR) is 123 cm³/mol. The Hall–Kier alpha value is -3.28. The number of amides is 1. The third kappa shape index (κ3) is 7.88. The average Bonchev–Trinajstić information content (AvgIpc) is 2.82. The zero-order valence-corrected chi connectivity index (χ0v) is 19.7. The summed E-state index contributed by atoms with van der Waals surface area (Å²) in [6.45, 7) is 2.55. The van der Waals surface area contributed by atoms with E-state index in [1.54, 1.807) is 12.4 Å². The van der Waals surface area contributed by atoms with Crippen molar-refractivity contribution in [2.45, 2.75) is 32.0 Å². The number of piperidine rings is 1. The van der Waals surface area contributed by atoms with Gasteiger partial charge in [0.1, 0.15) is 18.0 Å². The highest BCUT2D eigenvalue weighted by molar-refractivity contribution is 6.31. The highest BCUT2D eigenvalue weighted by Gasteiger charge is 2.47. The molecular weight excluding hydrogens is 486 g/mol. The Morgan fingerprint density at radius 1 is 1.14 bits per heavy atom. The summed E-state index contributed by atoms with van der Waals surface area (Å²) < 4.78 is 28.1. The molecule has 1 saturated heterocycles. The van der Waals surface area contributed by atoms with Gasteiger partial charge in [0.15, 0.2) is 5.82 Å². The van der Waals surface area contributed by atoms with Gasteiger partial charge in [-0.3, -0.25) is 0 Å². The first-order valence-corrected chi connectivity index (χ1v) is 10.9. The lowest BCUT2D eigenvalue weighted by atomic mass is 9.90. The normalized spacial score (nSPS) is 21.7. The number of carboxylic acids is 2. The highest BCUT2D eigenvalue weighted by atomic mass is 35.5. The number of hydrogen-bond acceptors (Lipinski definition) is 6. The quantitative estimate of drug-likeness (QED) is 0.396. The second kappa shape index (κ2) is 11.9. The van der Waals surface area contributed by atoms with E-state index in [-0.39, 0.29) is 60.0 Å². The van der Waals surface area contributed by atoms with Crippen molar-refractivity contribution in [1.29, 1.82) is 0 Å². The molecule has 1 aliphatic heterocycles. The fraction of sp³-hybridized carbons (Fsp3) is 0.348. The van der Waals surface area contributed by atoms with Crippen molar-refractivity contribution in [1.82, 2.24) is 9.97 Å². The van der Waals surface area contributed by atoms with Crippen LogP contribution in [0.4, 0.5) is 8.78 Å². The van der Waals surface area contributed by atoms with Crippen LogP contribution in [0.15, 0.2) is 42.7 Å². The second-order valence-corrected chi connectivity index (χ2v) is 8.63. The van der Waals surface area contributed by atoms with E-state index in [1.807, 2.05) is 6.92 Å². The van der Waals surface area contributed by atoms with Crippen molar-refractivity contribution in [2.24, 2.45) is 5.73 Å². The highest BCUT2D eigenvalue weighted by Crippen LogP contribution is 2.33. The summed E-state index contributed by atoms with van der Waals surface area (Å²) in [4.78, 5) is 41.0. The molecule has 0 spiro atoms. The summed E-state index contributed by atoms with van der Waals surface area (Å²) in [5.41, 5.74) is 5.29. The van der Waals surface area contributed by atoms with E-state index in [4.69, 9.17) is 27.5 Å². The lowest BCUT2D eigenvalue weighted by Crippen LogP contribution is -2.60. The molecule has 0 bridgehead atoms. The number of aryl methyl sites for hydroxylation is 1. The fourth-order valence-electron chi connectivity index (χ4n) is 3.52. The first kappa shape index (κ1) is 28.0. The number of aromatic nitrogens is 2. The number of quaternary nitrogens is 1. The van der Waals surface area contributed by atoms with Gasteiger partial charge in [-0.25, -0.2) is 37.6 Å². The van der Waals surface area contributed by atoms with Crippen LogP contribution >= 0.6 is 11.6 Å². The van der Waals surface area contributed by atoms with E-state index in [1.165, 1.54) is 12.1 Å². The van der Waals surface area contributed by atoms with Gasteiger partial charge in [-0.2, -0.15) is 0 Å². The fourth-order valence-corrected chi connectivity index (χ4v) is 3.70. The van der Waals surface area contributed by atoms with Crippen molar-refractivity contribution >= 4 is 29.4 Å². The molecule has 188 valence electrons. The molecule has 0 unspecified atom stereocenters. The Kier molecular flexibility index (Phi) is 9.52. The Labute approximate surface area is 205 Å². The lowest BCUT2D eigenvalue weighted by molar-refractivity contribution is -0.870. The molecule has 3 rings (SSSR count). The topological polar surface area (TPSA) is 143 Å². The number of carbonyl (C=O) groups excluding carboxylic acids is 1. The SMILES string of the molecule is Cc1cnc(C[N+]2(C(=O)c3ccc(F)c(Cl)c3)CCC(F)(CN)CC2)nc1.O=C(O)C=CC(=O)O. The van der Waals surface area contributed by atoms with Crippen molar-refractivity contribution < 1.29 is 37.9 Å². The molecule has 1 aliphatic rings. The minimum absolute atomic E-state index is 0.0449. The van der Waals surface area contributed by atoms with Crippen LogP contribution in [-0.2, 0) is 16.1 Å². The van der Waals surface area contributed by atoms with E-state index in [9.17, 15) is 23.2 Å². The summed E-state index contributed by atoms with van der Waals surface area (Å²) in [7, 11) is 0. The van der Waals surface area contributed by atoms with E-state index in [2.05, 4.69) is 9.97 Å². The van der Waals surface area contributed by atoms with E-state index >= 15 is 0 Å². The molecule has 1 fully saturated rings. The van der Waals surface area contributed by atoms with Gasteiger partial charge in [0, 0.05) is 43.9 Å². The molecule has 0 aliphatic carbocycles. The van der Waals surface area contributed by atoms with Crippen LogP contribution in [0.2, 0.25) is 5.02 Å². The average molecular weight is 512 g/mol. The minimum atomic E-state index is -1.48. The molecule has 12 heteroatoms. The number of nitrogens with zero attached hydrogens (tertiary/aromatic N) is 3. The maximum Gasteiger partial charge on any atom is 0.346 e. The van der Waals surface area contributed by atoms with Gasteiger partial charge in [0.2, 0.25) is 0 Å². The molecule has 1 amide bonds. The van der Waals surface area contributed by atoms with Gasteiger partial charge in [0.25, 0.3) is 0 Å². The zero-order chi connectivity index (χ0) is 26.2. The first-order chi connectivity index (χ1) is 16.4. The van der Waals surface area contributed by atoms with Gasteiger partial charge in [-0.15, -0.1) is 0 Å². The number of nitrogens with two attached hydrogens (primary N) is 1. The maximum absolute atomic E-state index is 14.7. The van der Waals surface area contributed by atoms with Crippen LogP contribution in [0.5, 0.6) is 0 Å². The van der Waals surface area contributed by atoms with Crippen LogP contribution < -0.4 is 5.73 Å². The lowest BCUT2D eigenvalue weighted by Gasteiger charge is -2.42. The van der Waals surface area contributed by atoms with Crippen LogP contribution in [0.1, 0.15) is 34.6 Å². The number of carbonyl (C=O) groups is 3. The van der Waals surface area contributed by atoms with Gasteiger partial charge in [-0.1, -0.05) is 11.6 Å². The van der Waals surface area contributed by atoms with Crippen molar-refractivity contribution in [3.63, 3.8) is 0 Å². The molecule has 4 N–H and O–H groups in total. The molecule has 0 radical (unpaired) electrons.